The van der Waals surface area contributed by atoms with Crippen molar-refractivity contribution in [2.75, 3.05) is 52.4 Å². The van der Waals surface area contributed by atoms with Crippen molar-refractivity contribution < 1.29 is 8.78 Å². The van der Waals surface area contributed by atoms with E-state index in [0.29, 0.717) is 24.4 Å². The van der Waals surface area contributed by atoms with E-state index in [2.05, 4.69) is 23.6 Å². The van der Waals surface area contributed by atoms with E-state index in [1.54, 1.807) is 0 Å². The Hall–Kier alpha value is -0.260. The predicted molar refractivity (Wildman–Crippen MR) is 90.0 cm³/mol. The zero-order valence-electron chi connectivity index (χ0n) is 15.0. The van der Waals surface area contributed by atoms with Crippen LogP contribution in [0.2, 0.25) is 0 Å². The highest BCUT2D eigenvalue weighted by Gasteiger charge is 2.48. The highest BCUT2D eigenvalue weighted by Crippen LogP contribution is 2.42. The molecule has 5 heteroatoms. The van der Waals surface area contributed by atoms with Crippen LogP contribution in [0.3, 0.4) is 0 Å². The van der Waals surface area contributed by atoms with Crippen LogP contribution in [0.1, 0.15) is 40.0 Å². The average molecular weight is 329 g/mol. The van der Waals surface area contributed by atoms with Gasteiger partial charge in [-0.05, 0) is 64.7 Å². The fourth-order valence-electron chi connectivity index (χ4n) is 4.57. The predicted octanol–water partition coefficient (Wildman–Crippen LogP) is 2.77. The third kappa shape index (κ3) is 3.72. The molecule has 3 nitrogen and oxygen atoms in total. The number of likely N-dealkylation sites (tertiary alicyclic amines) is 3. The van der Waals surface area contributed by atoms with Gasteiger partial charge in [0.15, 0.2) is 0 Å². The number of hydrogen-bond acceptors (Lipinski definition) is 3. The molecule has 0 N–H and O–H groups in total. The van der Waals surface area contributed by atoms with Crippen LogP contribution in [0.4, 0.5) is 8.78 Å². The molecule has 0 radical (unpaired) electrons. The topological polar surface area (TPSA) is 9.72 Å². The maximum atomic E-state index is 14.4. The zero-order chi connectivity index (χ0) is 16.7. The summed E-state index contributed by atoms with van der Waals surface area (Å²) in [5, 5.41) is 0. The minimum Gasteiger partial charge on any atom is -0.303 e. The van der Waals surface area contributed by atoms with Crippen LogP contribution in [-0.4, -0.2) is 79.0 Å². The molecule has 0 aliphatic carbocycles. The molecule has 0 amide bonds. The number of halogens is 2. The molecular weight excluding hydrogens is 296 g/mol. The van der Waals surface area contributed by atoms with Gasteiger partial charge in [0.1, 0.15) is 0 Å². The van der Waals surface area contributed by atoms with Crippen LogP contribution >= 0.6 is 0 Å². The Kier molecular flexibility index (Phi) is 5.01. The summed E-state index contributed by atoms with van der Waals surface area (Å²) in [6.45, 7) is 13.0. The normalized spacial score (nSPS) is 32.3. The lowest BCUT2D eigenvalue weighted by molar-refractivity contribution is -0.124. The zero-order valence-corrected chi connectivity index (χ0v) is 15.0. The molecule has 134 valence electrons. The third-order valence-corrected chi connectivity index (χ3v) is 6.48. The SMILES string of the molecule is CCN1CCC(CN2CCC3(CC2)CN(C(C)C)C3)C(F)(F)C1. The molecule has 23 heavy (non-hydrogen) atoms. The second kappa shape index (κ2) is 6.57. The van der Waals surface area contributed by atoms with E-state index in [9.17, 15) is 8.78 Å². The molecule has 0 aromatic heterocycles. The Morgan fingerprint density at radius 1 is 1.00 bits per heavy atom. The molecule has 0 saturated carbocycles. The Bertz CT molecular complexity index is 397. The van der Waals surface area contributed by atoms with E-state index < -0.39 is 11.8 Å². The van der Waals surface area contributed by atoms with E-state index in [1.165, 1.54) is 25.9 Å². The summed E-state index contributed by atoms with van der Waals surface area (Å²) >= 11 is 0. The Morgan fingerprint density at radius 3 is 2.17 bits per heavy atom. The molecule has 0 aromatic carbocycles. The highest BCUT2D eigenvalue weighted by atomic mass is 19.3. The lowest BCUT2D eigenvalue weighted by Gasteiger charge is -2.56. The number of alkyl halides is 2. The first-order valence-corrected chi connectivity index (χ1v) is 9.40. The van der Waals surface area contributed by atoms with Crippen LogP contribution in [-0.2, 0) is 0 Å². The van der Waals surface area contributed by atoms with Gasteiger partial charge in [0.2, 0.25) is 0 Å². The van der Waals surface area contributed by atoms with Gasteiger partial charge in [-0.2, -0.15) is 0 Å². The number of nitrogens with zero attached hydrogens (tertiary/aromatic N) is 3. The van der Waals surface area contributed by atoms with E-state index >= 15 is 0 Å². The van der Waals surface area contributed by atoms with Crippen molar-refractivity contribution in [3.05, 3.63) is 0 Å². The maximum Gasteiger partial charge on any atom is 0.264 e. The molecule has 0 bridgehead atoms. The summed E-state index contributed by atoms with van der Waals surface area (Å²) < 4.78 is 28.7. The van der Waals surface area contributed by atoms with Crippen molar-refractivity contribution in [3.8, 4) is 0 Å². The minimum atomic E-state index is -2.52. The maximum absolute atomic E-state index is 14.4. The first kappa shape index (κ1) is 17.6. The molecule has 1 unspecified atom stereocenters. The van der Waals surface area contributed by atoms with Gasteiger partial charge < -0.3 is 4.90 Å². The molecule has 3 aliphatic heterocycles. The number of rotatable bonds is 4. The van der Waals surface area contributed by atoms with Gasteiger partial charge in [0.05, 0.1) is 6.54 Å². The molecule has 1 atom stereocenters. The van der Waals surface area contributed by atoms with Crippen LogP contribution in [0.25, 0.3) is 0 Å². The standard InChI is InChI=1S/C18H33F2N3/c1-4-21-8-5-16(18(19,20)14-21)11-22-9-6-17(7-10-22)12-23(13-17)15(2)3/h15-16H,4-14H2,1-3H3. The Morgan fingerprint density at radius 2 is 1.65 bits per heavy atom. The highest BCUT2D eigenvalue weighted by molar-refractivity contribution is 4.99. The van der Waals surface area contributed by atoms with Gasteiger partial charge in [-0.25, -0.2) is 8.78 Å². The van der Waals surface area contributed by atoms with Crippen LogP contribution in [0.5, 0.6) is 0 Å². The second-order valence-electron chi connectivity index (χ2n) is 8.41. The molecule has 3 saturated heterocycles. The fraction of sp³-hybridized carbons (Fsp3) is 1.00. The molecule has 3 fully saturated rings. The number of piperidine rings is 2. The Balaban J connectivity index is 1.46. The van der Waals surface area contributed by atoms with Gasteiger partial charge in [-0.15, -0.1) is 0 Å². The number of hydrogen-bond donors (Lipinski definition) is 0. The largest absolute Gasteiger partial charge is 0.303 e. The monoisotopic (exact) mass is 329 g/mol. The van der Waals surface area contributed by atoms with Crippen LogP contribution in [0, 0.1) is 11.3 Å². The van der Waals surface area contributed by atoms with E-state index in [4.69, 9.17) is 0 Å². The molecular formula is C18H33F2N3. The van der Waals surface area contributed by atoms with Gasteiger partial charge >= 0.3 is 0 Å². The summed E-state index contributed by atoms with van der Waals surface area (Å²) in [5.41, 5.74) is 0.495. The van der Waals surface area contributed by atoms with Crippen molar-refractivity contribution in [1.82, 2.24) is 14.7 Å². The molecule has 1 spiro atoms. The van der Waals surface area contributed by atoms with Crippen molar-refractivity contribution in [2.45, 2.75) is 52.0 Å². The summed E-state index contributed by atoms with van der Waals surface area (Å²) in [4.78, 5) is 6.73. The van der Waals surface area contributed by atoms with Gasteiger partial charge in [-0.3, -0.25) is 9.80 Å². The van der Waals surface area contributed by atoms with Crippen LogP contribution < -0.4 is 0 Å². The van der Waals surface area contributed by atoms with Crippen molar-refractivity contribution in [3.63, 3.8) is 0 Å². The lowest BCUT2D eigenvalue weighted by Crippen LogP contribution is -2.62. The summed E-state index contributed by atoms with van der Waals surface area (Å²) in [6, 6.07) is 0.640. The van der Waals surface area contributed by atoms with Crippen LogP contribution in [0.15, 0.2) is 0 Å². The fourth-order valence-corrected chi connectivity index (χ4v) is 4.57. The lowest BCUT2D eigenvalue weighted by atomic mass is 9.71. The van der Waals surface area contributed by atoms with E-state index in [1.807, 2.05) is 11.8 Å². The minimum absolute atomic E-state index is 0.0463. The molecule has 3 rings (SSSR count). The molecule has 3 aliphatic rings. The summed E-state index contributed by atoms with van der Waals surface area (Å²) in [7, 11) is 0. The average Bonchev–Trinajstić information content (AvgIpc) is 2.47. The quantitative estimate of drug-likeness (QED) is 0.785. The van der Waals surface area contributed by atoms with E-state index in [0.717, 1.165) is 26.2 Å². The first-order valence-electron chi connectivity index (χ1n) is 9.40. The van der Waals surface area contributed by atoms with Gasteiger partial charge in [-0.1, -0.05) is 6.92 Å². The third-order valence-electron chi connectivity index (χ3n) is 6.48. The molecule has 0 aromatic rings. The summed E-state index contributed by atoms with van der Waals surface area (Å²) in [6.07, 6.45) is 3.02. The van der Waals surface area contributed by atoms with E-state index in [-0.39, 0.29) is 6.54 Å². The smallest absolute Gasteiger partial charge is 0.264 e. The summed E-state index contributed by atoms with van der Waals surface area (Å²) in [5.74, 6) is -2.97. The van der Waals surface area contributed by atoms with Gasteiger partial charge in [0.25, 0.3) is 5.92 Å². The first-order chi connectivity index (χ1) is 10.8. The Labute approximate surface area is 140 Å². The van der Waals surface area contributed by atoms with Crippen molar-refractivity contribution in [2.24, 2.45) is 11.3 Å². The van der Waals surface area contributed by atoms with Crippen molar-refractivity contribution >= 4 is 0 Å². The second-order valence-corrected chi connectivity index (χ2v) is 8.41. The van der Waals surface area contributed by atoms with Crippen molar-refractivity contribution in [1.29, 1.82) is 0 Å². The molecule has 3 heterocycles. The van der Waals surface area contributed by atoms with Gasteiger partial charge in [0, 0.05) is 31.6 Å².